The molecule has 0 unspecified atom stereocenters. The molecule has 5 nitrogen and oxygen atoms in total. The Morgan fingerprint density at radius 1 is 1.07 bits per heavy atom. The van der Waals surface area contributed by atoms with Crippen LogP contribution >= 0.6 is 23.2 Å². The van der Waals surface area contributed by atoms with Gasteiger partial charge in [0, 0.05) is 17.4 Å². The number of sulfonamides is 1. The fourth-order valence-corrected chi connectivity index (χ4v) is 3.94. The summed E-state index contributed by atoms with van der Waals surface area (Å²) in [7, 11) is -4.09. The predicted molar refractivity (Wildman–Crippen MR) is 95.8 cm³/mol. The molecule has 0 aliphatic carbocycles. The van der Waals surface area contributed by atoms with E-state index in [0.717, 1.165) is 4.57 Å². The Morgan fingerprint density at radius 2 is 1.81 bits per heavy atom. The minimum absolute atomic E-state index is 0.152. The van der Waals surface area contributed by atoms with Crippen LogP contribution in [0.2, 0.25) is 10.0 Å². The molecule has 3 rings (SSSR count). The van der Waals surface area contributed by atoms with E-state index in [4.69, 9.17) is 23.2 Å². The maximum atomic E-state index is 12.8. The highest BCUT2D eigenvalue weighted by atomic mass is 35.5. The molecular weight excluding hydrogens is 426 g/mol. The van der Waals surface area contributed by atoms with Crippen LogP contribution < -0.4 is 4.72 Å². The van der Waals surface area contributed by atoms with Crippen molar-refractivity contribution < 1.29 is 21.6 Å². The van der Waals surface area contributed by atoms with Crippen molar-refractivity contribution in [1.29, 1.82) is 0 Å². The molecule has 0 fully saturated rings. The zero-order chi connectivity index (χ0) is 19.8. The summed E-state index contributed by atoms with van der Waals surface area (Å²) >= 11 is 11.8. The van der Waals surface area contributed by atoms with Gasteiger partial charge >= 0.3 is 6.18 Å². The van der Waals surface area contributed by atoms with Gasteiger partial charge in [0.05, 0.1) is 16.3 Å². The molecule has 142 valence electrons. The second-order valence-corrected chi connectivity index (χ2v) is 7.83. The molecule has 0 saturated carbocycles. The van der Waals surface area contributed by atoms with E-state index >= 15 is 0 Å². The smallest absolute Gasteiger partial charge is 0.289 e. The van der Waals surface area contributed by atoms with Crippen LogP contribution in [0.1, 0.15) is 5.56 Å². The fourth-order valence-electron chi connectivity index (χ4n) is 2.28. The van der Waals surface area contributed by atoms with Crippen LogP contribution in [0.3, 0.4) is 0 Å². The zero-order valence-electron chi connectivity index (χ0n) is 13.2. The number of benzene rings is 1. The molecule has 0 atom stereocenters. The van der Waals surface area contributed by atoms with Crippen LogP contribution in [0.4, 0.5) is 18.9 Å². The number of halogens is 5. The lowest BCUT2D eigenvalue weighted by Gasteiger charge is -2.14. The monoisotopic (exact) mass is 435 g/mol. The summed E-state index contributed by atoms with van der Waals surface area (Å²) in [6.45, 7) is 0. The molecule has 0 aliphatic rings. The van der Waals surface area contributed by atoms with Crippen molar-refractivity contribution in [2.75, 3.05) is 4.72 Å². The first-order valence-electron chi connectivity index (χ1n) is 7.27. The molecular formula is C16H10Cl2F3N3O2S. The lowest BCUT2D eigenvalue weighted by atomic mass is 10.3. The Bertz CT molecular complexity index is 1100. The largest absolute Gasteiger partial charge is 0.417 e. The normalized spacial score (nSPS) is 12.2. The van der Waals surface area contributed by atoms with E-state index in [1.807, 2.05) is 0 Å². The molecule has 1 N–H and O–H groups in total. The highest BCUT2D eigenvalue weighted by molar-refractivity contribution is 7.92. The Balaban J connectivity index is 2.01. The first-order chi connectivity index (χ1) is 12.6. The maximum absolute atomic E-state index is 12.8. The van der Waals surface area contributed by atoms with Crippen LogP contribution in [-0.2, 0) is 16.2 Å². The number of anilines is 1. The summed E-state index contributed by atoms with van der Waals surface area (Å²) in [5.41, 5.74) is -0.813. The zero-order valence-corrected chi connectivity index (χ0v) is 15.5. The minimum atomic E-state index is -4.62. The summed E-state index contributed by atoms with van der Waals surface area (Å²) in [5, 5.41) is -0.269. The number of aromatic nitrogens is 2. The van der Waals surface area contributed by atoms with E-state index in [1.165, 1.54) is 30.5 Å². The first-order valence-corrected chi connectivity index (χ1v) is 9.51. The third-order valence-electron chi connectivity index (χ3n) is 3.44. The van der Waals surface area contributed by atoms with Gasteiger partial charge < -0.3 is 0 Å². The van der Waals surface area contributed by atoms with E-state index in [2.05, 4.69) is 9.71 Å². The highest BCUT2D eigenvalue weighted by Gasteiger charge is 2.32. The van der Waals surface area contributed by atoms with E-state index in [9.17, 15) is 21.6 Å². The van der Waals surface area contributed by atoms with Gasteiger partial charge in [0.15, 0.2) is 10.8 Å². The van der Waals surface area contributed by atoms with Gasteiger partial charge in [-0.05, 0) is 36.4 Å². The molecule has 0 radical (unpaired) electrons. The number of hydrogen-bond acceptors (Lipinski definition) is 3. The topological polar surface area (TPSA) is 64.0 Å². The number of nitrogens with zero attached hydrogens (tertiary/aromatic N) is 2. The Kier molecular flexibility index (Phi) is 5.11. The molecule has 0 amide bonds. The number of alkyl halides is 3. The quantitative estimate of drug-likeness (QED) is 0.626. The number of hydrogen-bond donors (Lipinski definition) is 1. The number of nitrogens with one attached hydrogen (secondary N) is 1. The molecule has 0 bridgehead atoms. The summed E-state index contributed by atoms with van der Waals surface area (Å²) in [4.78, 5) is 3.68. The summed E-state index contributed by atoms with van der Waals surface area (Å²) in [6, 6.07) is 9.41. The Morgan fingerprint density at radius 3 is 2.44 bits per heavy atom. The van der Waals surface area contributed by atoms with Gasteiger partial charge in [0.1, 0.15) is 0 Å². The van der Waals surface area contributed by atoms with Crippen LogP contribution in [0.5, 0.6) is 0 Å². The van der Waals surface area contributed by atoms with Crippen molar-refractivity contribution in [3.63, 3.8) is 0 Å². The number of pyridine rings is 1. The molecule has 2 heterocycles. The van der Waals surface area contributed by atoms with E-state index < -0.39 is 21.8 Å². The van der Waals surface area contributed by atoms with Crippen LogP contribution in [0, 0.1) is 0 Å². The van der Waals surface area contributed by atoms with Gasteiger partial charge in [-0.3, -0.25) is 9.29 Å². The summed E-state index contributed by atoms with van der Waals surface area (Å²) < 4.78 is 67.1. The van der Waals surface area contributed by atoms with Gasteiger partial charge in [0.25, 0.3) is 10.0 Å². The third kappa shape index (κ3) is 4.20. The van der Waals surface area contributed by atoms with Crippen molar-refractivity contribution in [2.24, 2.45) is 0 Å². The first kappa shape index (κ1) is 19.5. The van der Waals surface area contributed by atoms with Crippen molar-refractivity contribution in [3.8, 4) is 5.82 Å². The maximum Gasteiger partial charge on any atom is 0.417 e. The van der Waals surface area contributed by atoms with Gasteiger partial charge in [-0.2, -0.15) is 21.6 Å². The molecule has 0 spiro atoms. The van der Waals surface area contributed by atoms with E-state index in [0.29, 0.717) is 17.3 Å². The SMILES string of the molecule is O=S(=O)(Nc1cccc(Cl)c1)c1cccn1-c1ncc(C(F)(F)F)cc1Cl. The average molecular weight is 436 g/mol. The molecule has 1 aromatic carbocycles. The Hall–Kier alpha value is -2.23. The molecule has 0 aliphatic heterocycles. The van der Waals surface area contributed by atoms with Crippen LogP contribution in [0.25, 0.3) is 5.82 Å². The highest BCUT2D eigenvalue weighted by Crippen LogP contribution is 2.32. The van der Waals surface area contributed by atoms with Crippen molar-refractivity contribution >= 4 is 38.9 Å². The van der Waals surface area contributed by atoms with Gasteiger partial charge in [-0.15, -0.1) is 0 Å². The lowest BCUT2D eigenvalue weighted by molar-refractivity contribution is -0.137. The second-order valence-electron chi connectivity index (χ2n) is 5.36. The lowest BCUT2D eigenvalue weighted by Crippen LogP contribution is -2.17. The second kappa shape index (κ2) is 7.06. The van der Waals surface area contributed by atoms with Crippen molar-refractivity contribution in [2.45, 2.75) is 11.2 Å². The third-order valence-corrected chi connectivity index (χ3v) is 5.34. The van der Waals surface area contributed by atoms with Gasteiger partial charge in [-0.25, -0.2) is 4.98 Å². The van der Waals surface area contributed by atoms with Gasteiger partial charge in [0.2, 0.25) is 0 Å². The molecule has 3 aromatic rings. The van der Waals surface area contributed by atoms with Crippen molar-refractivity contribution in [1.82, 2.24) is 9.55 Å². The average Bonchev–Trinajstić information content (AvgIpc) is 3.04. The van der Waals surface area contributed by atoms with E-state index in [-0.39, 0.29) is 21.6 Å². The predicted octanol–water partition coefficient (Wildman–Crippen LogP) is 5.00. The van der Waals surface area contributed by atoms with Crippen LogP contribution in [-0.4, -0.2) is 18.0 Å². The summed E-state index contributed by atoms with van der Waals surface area (Å²) in [5.74, 6) is -0.152. The van der Waals surface area contributed by atoms with Crippen LogP contribution in [0.15, 0.2) is 59.9 Å². The summed E-state index contributed by atoms with van der Waals surface area (Å²) in [6.07, 6.45) is -2.70. The molecule has 2 aromatic heterocycles. The molecule has 0 saturated heterocycles. The Labute approximate surface area is 162 Å². The molecule has 11 heteroatoms. The standard InChI is InChI=1S/C16H10Cl2F3N3O2S/c17-11-3-1-4-12(8-11)23-27(25,26)14-5-2-6-24(14)15-13(18)7-10(9-22-15)16(19,20)21/h1-9,23H. The van der Waals surface area contributed by atoms with E-state index in [1.54, 1.807) is 12.1 Å². The van der Waals surface area contributed by atoms with Gasteiger partial charge in [-0.1, -0.05) is 29.3 Å². The van der Waals surface area contributed by atoms with Crippen molar-refractivity contribution in [3.05, 3.63) is 70.5 Å². The number of rotatable bonds is 4. The molecule has 27 heavy (non-hydrogen) atoms. The fraction of sp³-hybridized carbons (Fsp3) is 0.0625. The minimum Gasteiger partial charge on any atom is -0.289 e.